The van der Waals surface area contributed by atoms with Crippen molar-refractivity contribution in [2.24, 2.45) is 26.9 Å². The zero-order chi connectivity index (χ0) is 35.7. The molecule has 4 aromatic rings. The fraction of sp³-hybridized carbons (Fsp3) is 0.212. The van der Waals surface area contributed by atoms with E-state index in [1.54, 1.807) is 55.9 Å². The fourth-order valence-electron chi connectivity index (χ4n) is 4.64. The number of thioether (sulfide) groups is 1. The molecule has 0 saturated carbocycles. The second kappa shape index (κ2) is 16.5. The first-order valence-electron chi connectivity index (χ1n) is 14.9. The number of halogens is 1. The number of carbonyl (C=O) groups excluding carboxylic acids is 5. The molecule has 0 aliphatic carbocycles. The Kier molecular flexibility index (Phi) is 12.2. The van der Waals surface area contributed by atoms with Gasteiger partial charge in [-0.05, 0) is 42.0 Å². The van der Waals surface area contributed by atoms with Crippen LogP contribution in [-0.2, 0) is 30.7 Å². The molecule has 4 amide bonds. The van der Waals surface area contributed by atoms with Crippen LogP contribution in [0.4, 0.5) is 17.1 Å². The summed E-state index contributed by atoms with van der Waals surface area (Å²) in [6.07, 6.45) is 7.60. The third-order valence-corrected chi connectivity index (χ3v) is 8.47. The van der Waals surface area contributed by atoms with Gasteiger partial charge in [-0.25, -0.2) is 0 Å². The largest absolute Gasteiger partial charge is 0.388 e. The minimum atomic E-state index is -0.860. The van der Waals surface area contributed by atoms with Gasteiger partial charge in [-0.1, -0.05) is 18.2 Å². The topological polar surface area (TPSA) is 198 Å². The number of aryl methyl sites for hydroxylation is 3. The number of nitrogens with zero attached hydrogens (tertiary/aromatic N) is 3. The van der Waals surface area contributed by atoms with E-state index in [-0.39, 0.29) is 41.8 Å². The monoisotopic (exact) mass is 705 g/mol. The lowest BCUT2D eigenvalue weighted by molar-refractivity contribution is -0.131. The van der Waals surface area contributed by atoms with Crippen LogP contribution in [-0.4, -0.2) is 67.1 Å². The summed E-state index contributed by atoms with van der Waals surface area (Å²) in [7, 11) is 4.91. The quantitative estimate of drug-likeness (QED) is 0.0270. The van der Waals surface area contributed by atoms with Gasteiger partial charge in [0.25, 0.3) is 23.6 Å². The molecule has 3 aromatic heterocycles. The van der Waals surface area contributed by atoms with Crippen LogP contribution >= 0.6 is 23.4 Å². The molecule has 0 atom stereocenters. The van der Waals surface area contributed by atoms with Crippen molar-refractivity contribution in [2.45, 2.75) is 11.3 Å². The molecule has 0 unspecified atom stereocenters. The van der Waals surface area contributed by atoms with Crippen LogP contribution in [0.3, 0.4) is 0 Å². The van der Waals surface area contributed by atoms with Gasteiger partial charge >= 0.3 is 0 Å². The minimum Gasteiger partial charge on any atom is -0.388 e. The maximum Gasteiger partial charge on any atom is 0.296 e. The molecule has 4 rings (SSSR count). The normalized spacial score (nSPS) is 10.9. The smallest absolute Gasteiger partial charge is 0.296 e. The Hall–Kier alpha value is -5.54. The number of amides is 4. The Morgan fingerprint density at radius 1 is 0.796 bits per heavy atom. The maximum atomic E-state index is 13.1. The Labute approximate surface area is 291 Å². The Bertz CT molecular complexity index is 1920. The lowest BCUT2D eigenvalue weighted by atomic mass is 10.2. The van der Waals surface area contributed by atoms with Crippen LogP contribution in [0.2, 0.25) is 0 Å². The summed E-state index contributed by atoms with van der Waals surface area (Å²) in [6.45, 7) is 0.209. The molecular formula is C33H36ClN9O5S. The van der Waals surface area contributed by atoms with Gasteiger partial charge in [0.05, 0.1) is 22.9 Å². The standard InChI is InChI=1S/C33H36ClN9O5S/c1-41-17-21(14-25(41)30(45)37-12-10-29(35)36)38-31(46)26-15-22(18-42(26)2)39-32(47)27-16-23(19-43(27)3)40-33(48)28(44)9-6-20-4-7-24(8-5-20)49-13-11-34/h4-9,14-19H,10-13H2,1-3H3,(H3,35,36)(H,37,45)(H,38,46)(H,39,47)(H,40,48). The molecule has 7 N–H and O–H groups in total. The average Bonchev–Trinajstić information content (AvgIpc) is 3.73. The molecule has 0 spiro atoms. The van der Waals surface area contributed by atoms with E-state index in [1.165, 1.54) is 39.6 Å². The van der Waals surface area contributed by atoms with Crippen LogP contribution < -0.4 is 27.0 Å². The van der Waals surface area contributed by atoms with Gasteiger partial charge in [0.2, 0.25) is 5.78 Å². The highest BCUT2D eigenvalue weighted by atomic mass is 35.5. The third kappa shape index (κ3) is 9.98. The lowest BCUT2D eigenvalue weighted by Gasteiger charge is -2.04. The first-order chi connectivity index (χ1) is 23.3. The summed E-state index contributed by atoms with van der Waals surface area (Å²) in [6, 6.07) is 11.9. The summed E-state index contributed by atoms with van der Waals surface area (Å²) in [5.74, 6) is -1.69. The van der Waals surface area contributed by atoms with E-state index in [0.29, 0.717) is 22.9 Å². The van der Waals surface area contributed by atoms with E-state index >= 15 is 0 Å². The van der Waals surface area contributed by atoms with Crippen molar-refractivity contribution in [1.82, 2.24) is 19.0 Å². The van der Waals surface area contributed by atoms with E-state index in [1.807, 2.05) is 24.3 Å². The summed E-state index contributed by atoms with van der Waals surface area (Å²) >= 11 is 7.34. The highest BCUT2D eigenvalue weighted by molar-refractivity contribution is 7.99. The van der Waals surface area contributed by atoms with Crippen LogP contribution in [0.25, 0.3) is 6.08 Å². The van der Waals surface area contributed by atoms with E-state index in [2.05, 4.69) is 21.3 Å². The summed E-state index contributed by atoms with van der Waals surface area (Å²) < 4.78 is 4.59. The molecule has 0 radical (unpaired) electrons. The van der Waals surface area contributed by atoms with E-state index < -0.39 is 23.5 Å². The van der Waals surface area contributed by atoms with Gasteiger partial charge in [0, 0.05) is 69.2 Å². The number of hydrogen-bond acceptors (Lipinski definition) is 7. The van der Waals surface area contributed by atoms with Crippen LogP contribution in [0.15, 0.2) is 72.0 Å². The van der Waals surface area contributed by atoms with Gasteiger partial charge in [-0.15, -0.1) is 23.4 Å². The zero-order valence-electron chi connectivity index (χ0n) is 27.0. The lowest BCUT2D eigenvalue weighted by Crippen LogP contribution is -2.28. The van der Waals surface area contributed by atoms with E-state index in [9.17, 15) is 24.0 Å². The van der Waals surface area contributed by atoms with E-state index in [0.717, 1.165) is 16.2 Å². The number of nitrogens with two attached hydrogens (primary N) is 1. The molecule has 3 heterocycles. The zero-order valence-corrected chi connectivity index (χ0v) is 28.6. The minimum absolute atomic E-state index is 0.0376. The van der Waals surface area contributed by atoms with Crippen LogP contribution in [0.5, 0.6) is 0 Å². The van der Waals surface area contributed by atoms with Crippen molar-refractivity contribution in [3.8, 4) is 0 Å². The summed E-state index contributed by atoms with van der Waals surface area (Å²) in [5.41, 5.74) is 7.79. The van der Waals surface area contributed by atoms with Gasteiger partial charge in [-0.2, -0.15) is 0 Å². The highest BCUT2D eigenvalue weighted by Gasteiger charge is 2.19. The van der Waals surface area contributed by atoms with Crippen molar-refractivity contribution >= 4 is 81.7 Å². The van der Waals surface area contributed by atoms with Crippen molar-refractivity contribution in [3.05, 3.63) is 89.8 Å². The number of alkyl halides is 1. The SMILES string of the molecule is Cn1cc(NC(=O)c2cc(NC(=O)c3cc(NC(=O)C(=O)C=Cc4ccc(SCCCl)cc4)cn3C)cn2C)cc1C(=O)NCCC(=N)N. The number of nitrogens with one attached hydrogen (secondary N) is 5. The van der Waals surface area contributed by atoms with Gasteiger partial charge < -0.3 is 40.7 Å². The molecule has 14 nitrogen and oxygen atoms in total. The molecular weight excluding hydrogens is 670 g/mol. The predicted octanol–water partition coefficient (Wildman–Crippen LogP) is 3.81. The predicted molar refractivity (Wildman–Crippen MR) is 192 cm³/mol. The number of amidine groups is 1. The van der Waals surface area contributed by atoms with Gasteiger partial charge in [0.15, 0.2) is 0 Å². The molecule has 0 saturated heterocycles. The molecule has 0 aliphatic rings. The Balaban J connectivity index is 1.33. The molecule has 0 bridgehead atoms. The fourth-order valence-corrected chi connectivity index (χ4v) is 5.51. The van der Waals surface area contributed by atoms with Crippen LogP contribution in [0.1, 0.15) is 43.4 Å². The maximum absolute atomic E-state index is 13.1. The van der Waals surface area contributed by atoms with Gasteiger partial charge in [0.1, 0.15) is 17.1 Å². The van der Waals surface area contributed by atoms with Crippen molar-refractivity contribution in [2.75, 3.05) is 34.1 Å². The van der Waals surface area contributed by atoms with Crippen molar-refractivity contribution in [3.63, 3.8) is 0 Å². The van der Waals surface area contributed by atoms with E-state index in [4.69, 9.17) is 22.7 Å². The first-order valence-corrected chi connectivity index (χ1v) is 16.4. The molecule has 0 fully saturated rings. The van der Waals surface area contributed by atoms with Gasteiger partial charge in [-0.3, -0.25) is 29.4 Å². The number of hydrogen-bond donors (Lipinski definition) is 6. The Morgan fingerprint density at radius 2 is 1.29 bits per heavy atom. The molecule has 256 valence electrons. The molecule has 49 heavy (non-hydrogen) atoms. The van der Waals surface area contributed by atoms with Crippen molar-refractivity contribution < 1.29 is 24.0 Å². The number of carbonyl (C=O) groups is 5. The third-order valence-electron chi connectivity index (χ3n) is 7.04. The first kappa shape index (κ1) is 36.3. The number of ketones is 1. The summed E-state index contributed by atoms with van der Waals surface area (Å²) in [4.78, 5) is 64.6. The number of anilines is 3. The van der Waals surface area contributed by atoms with Crippen LogP contribution in [0, 0.1) is 5.41 Å². The average molecular weight is 706 g/mol. The summed E-state index contributed by atoms with van der Waals surface area (Å²) in [5, 5.41) is 17.9. The molecule has 0 aliphatic heterocycles. The second-order valence-electron chi connectivity index (χ2n) is 10.9. The Morgan fingerprint density at radius 3 is 1.78 bits per heavy atom. The van der Waals surface area contributed by atoms with Crippen molar-refractivity contribution in [1.29, 1.82) is 5.41 Å². The highest BCUT2D eigenvalue weighted by Crippen LogP contribution is 2.21. The molecule has 1 aromatic carbocycles. The second-order valence-corrected chi connectivity index (χ2v) is 12.4. The number of rotatable bonds is 15. The number of benzene rings is 1. The number of aromatic nitrogens is 3. The molecule has 16 heteroatoms.